The molecule has 3 nitrogen and oxygen atoms in total. The fraction of sp³-hybridized carbons (Fsp3) is 0. The van der Waals surface area contributed by atoms with Crippen LogP contribution in [0.15, 0.2) is 24.4 Å². The first kappa shape index (κ1) is 9.92. The topological polar surface area (TPSA) is 38.7 Å². The molecule has 0 saturated heterocycles. The summed E-state index contributed by atoms with van der Waals surface area (Å²) in [4.78, 5) is 10.5. The highest BCUT2D eigenvalue weighted by Crippen LogP contribution is 2.19. The van der Waals surface area contributed by atoms with Crippen LogP contribution in [0.5, 0.6) is 0 Å². The van der Waals surface area contributed by atoms with Crippen LogP contribution in [0.4, 0.5) is 8.78 Å². The fourth-order valence-electron chi connectivity index (χ4n) is 1.09. The van der Waals surface area contributed by atoms with Crippen molar-refractivity contribution in [2.45, 2.75) is 0 Å². The van der Waals surface area contributed by atoms with E-state index in [1.165, 1.54) is 18.3 Å². The Hall–Kier alpha value is -1.62. The summed E-state index contributed by atoms with van der Waals surface area (Å²) in [6.45, 7) is 0. The van der Waals surface area contributed by atoms with Gasteiger partial charge in [0.15, 0.2) is 0 Å². The highest BCUT2D eigenvalue weighted by atomic mass is 35.5. The molecule has 0 aliphatic heterocycles. The Balaban J connectivity index is 2.54. The lowest BCUT2D eigenvalue weighted by atomic mass is 10.2. The Morgan fingerprint density at radius 1 is 1.07 bits per heavy atom. The van der Waals surface area contributed by atoms with E-state index >= 15 is 0 Å². The molecule has 0 radical (unpaired) electrons. The van der Waals surface area contributed by atoms with E-state index in [9.17, 15) is 8.78 Å². The third-order valence-electron chi connectivity index (χ3n) is 1.72. The molecule has 0 spiro atoms. The van der Waals surface area contributed by atoms with Gasteiger partial charge < -0.3 is 0 Å². The van der Waals surface area contributed by atoms with Crippen molar-refractivity contribution in [3.05, 3.63) is 41.6 Å². The van der Waals surface area contributed by atoms with Crippen molar-refractivity contribution in [3.8, 4) is 11.3 Å². The highest BCUT2D eigenvalue weighted by Gasteiger charge is 2.09. The summed E-state index contributed by atoms with van der Waals surface area (Å²) in [6.07, 6.45) is 1.38. The predicted molar refractivity (Wildman–Crippen MR) is 50.2 cm³/mol. The van der Waals surface area contributed by atoms with Crippen molar-refractivity contribution in [1.82, 2.24) is 15.0 Å². The van der Waals surface area contributed by atoms with Crippen molar-refractivity contribution >= 4 is 11.6 Å². The molecule has 76 valence electrons. The number of hydrogen-bond acceptors (Lipinski definition) is 3. The summed E-state index contributed by atoms with van der Waals surface area (Å²) in [5, 5.41) is -0.00350. The lowest BCUT2D eigenvalue weighted by Gasteiger charge is -2.01. The first-order chi connectivity index (χ1) is 7.16. The van der Waals surface area contributed by atoms with Crippen molar-refractivity contribution in [2.24, 2.45) is 0 Å². The number of rotatable bonds is 1. The van der Waals surface area contributed by atoms with Crippen LogP contribution in [-0.4, -0.2) is 15.0 Å². The average molecular weight is 228 g/mol. The largest absolute Gasteiger partial charge is 0.226 e. The smallest absolute Gasteiger partial charge is 0.224 e. The third kappa shape index (κ3) is 2.07. The molecule has 2 heterocycles. The molecular formula is C9H4ClF2N3. The number of halogens is 3. The lowest BCUT2D eigenvalue weighted by Crippen LogP contribution is -1.94. The van der Waals surface area contributed by atoms with Gasteiger partial charge in [0, 0.05) is 6.20 Å². The molecule has 0 aromatic carbocycles. The Morgan fingerprint density at radius 2 is 1.87 bits per heavy atom. The number of pyridine rings is 1. The van der Waals surface area contributed by atoms with Gasteiger partial charge in [-0.3, -0.25) is 0 Å². The average Bonchev–Trinajstić information content (AvgIpc) is 2.17. The Labute approximate surface area is 88.8 Å². The van der Waals surface area contributed by atoms with Crippen LogP contribution in [0.3, 0.4) is 0 Å². The van der Waals surface area contributed by atoms with Gasteiger partial charge in [0.05, 0.1) is 11.3 Å². The molecule has 0 aliphatic rings. The minimum Gasteiger partial charge on any atom is -0.226 e. The fourth-order valence-corrected chi connectivity index (χ4v) is 1.24. The summed E-state index contributed by atoms with van der Waals surface area (Å²) in [6, 6.07) is 3.76. The molecule has 0 fully saturated rings. The molecule has 6 heteroatoms. The predicted octanol–water partition coefficient (Wildman–Crippen LogP) is 2.47. The van der Waals surface area contributed by atoms with Crippen molar-refractivity contribution in [2.75, 3.05) is 0 Å². The van der Waals surface area contributed by atoms with Gasteiger partial charge in [-0.1, -0.05) is 0 Å². The molecule has 0 atom stereocenters. The highest BCUT2D eigenvalue weighted by molar-refractivity contribution is 6.28. The normalized spacial score (nSPS) is 10.3. The SMILES string of the molecule is Fc1ccc(-c2ccnc(Cl)n2)c(F)n1. The van der Waals surface area contributed by atoms with Gasteiger partial charge in [-0.2, -0.15) is 13.8 Å². The summed E-state index contributed by atoms with van der Waals surface area (Å²) < 4.78 is 25.7. The second kappa shape index (κ2) is 3.86. The molecule has 2 rings (SSSR count). The van der Waals surface area contributed by atoms with Gasteiger partial charge >= 0.3 is 0 Å². The number of hydrogen-bond donors (Lipinski definition) is 0. The quantitative estimate of drug-likeness (QED) is 0.555. The van der Waals surface area contributed by atoms with Gasteiger partial charge in [0.1, 0.15) is 0 Å². The van der Waals surface area contributed by atoms with Crippen molar-refractivity contribution in [1.29, 1.82) is 0 Å². The number of nitrogens with zero attached hydrogens (tertiary/aromatic N) is 3. The minimum atomic E-state index is -0.926. The van der Waals surface area contributed by atoms with E-state index in [1.54, 1.807) is 0 Å². The van der Waals surface area contributed by atoms with Gasteiger partial charge in [0.2, 0.25) is 17.2 Å². The molecule has 0 unspecified atom stereocenters. The molecule has 15 heavy (non-hydrogen) atoms. The van der Waals surface area contributed by atoms with Gasteiger partial charge in [-0.05, 0) is 29.8 Å². The standard InChI is InChI=1S/C9H4ClF2N3/c10-9-13-4-3-6(14-9)5-1-2-7(11)15-8(5)12/h1-4H. The first-order valence-corrected chi connectivity index (χ1v) is 4.35. The molecule has 2 aromatic rings. The van der Waals surface area contributed by atoms with E-state index in [2.05, 4.69) is 15.0 Å². The van der Waals surface area contributed by atoms with Crippen LogP contribution in [0.1, 0.15) is 0 Å². The lowest BCUT2D eigenvalue weighted by molar-refractivity contribution is 0.515. The Morgan fingerprint density at radius 3 is 2.53 bits per heavy atom. The van der Waals surface area contributed by atoms with Gasteiger partial charge in [0.25, 0.3) is 0 Å². The van der Waals surface area contributed by atoms with E-state index in [-0.39, 0.29) is 16.5 Å². The van der Waals surface area contributed by atoms with Crippen LogP contribution < -0.4 is 0 Å². The Kier molecular flexibility index (Phi) is 2.55. The molecule has 0 saturated carbocycles. The second-order valence-corrected chi connectivity index (χ2v) is 3.02. The van der Waals surface area contributed by atoms with Gasteiger partial charge in [-0.25, -0.2) is 9.97 Å². The Bertz CT molecular complexity index is 504. The summed E-state index contributed by atoms with van der Waals surface area (Å²) in [5.74, 6) is -1.80. The monoisotopic (exact) mass is 227 g/mol. The maximum atomic E-state index is 13.2. The maximum absolute atomic E-state index is 13.2. The third-order valence-corrected chi connectivity index (χ3v) is 1.90. The van der Waals surface area contributed by atoms with E-state index in [0.717, 1.165) is 6.07 Å². The van der Waals surface area contributed by atoms with E-state index in [1.807, 2.05) is 0 Å². The van der Waals surface area contributed by atoms with E-state index in [4.69, 9.17) is 11.6 Å². The first-order valence-electron chi connectivity index (χ1n) is 3.98. The van der Waals surface area contributed by atoms with Crippen molar-refractivity contribution in [3.63, 3.8) is 0 Å². The van der Waals surface area contributed by atoms with Crippen LogP contribution in [-0.2, 0) is 0 Å². The van der Waals surface area contributed by atoms with Crippen LogP contribution in [0, 0.1) is 11.9 Å². The summed E-state index contributed by atoms with van der Waals surface area (Å²) in [5.41, 5.74) is 0.348. The zero-order chi connectivity index (χ0) is 10.8. The molecule has 2 aromatic heterocycles. The second-order valence-electron chi connectivity index (χ2n) is 2.68. The minimum absolute atomic E-state index is 0.00350. The molecule has 0 bridgehead atoms. The van der Waals surface area contributed by atoms with Crippen LogP contribution >= 0.6 is 11.6 Å². The summed E-state index contributed by atoms with van der Waals surface area (Å²) in [7, 11) is 0. The molecule has 0 N–H and O–H groups in total. The van der Waals surface area contributed by atoms with Crippen molar-refractivity contribution < 1.29 is 8.78 Å². The zero-order valence-electron chi connectivity index (χ0n) is 7.28. The molecule has 0 aliphatic carbocycles. The zero-order valence-corrected chi connectivity index (χ0v) is 8.04. The van der Waals surface area contributed by atoms with E-state index < -0.39 is 11.9 Å². The van der Waals surface area contributed by atoms with Gasteiger partial charge in [-0.15, -0.1) is 0 Å². The van der Waals surface area contributed by atoms with Crippen LogP contribution in [0.2, 0.25) is 5.28 Å². The summed E-state index contributed by atoms with van der Waals surface area (Å²) >= 11 is 5.54. The van der Waals surface area contributed by atoms with Crippen LogP contribution in [0.25, 0.3) is 11.3 Å². The number of aromatic nitrogens is 3. The maximum Gasteiger partial charge on any atom is 0.224 e. The van der Waals surface area contributed by atoms with E-state index in [0.29, 0.717) is 0 Å². The molecule has 0 amide bonds. The molecular weight excluding hydrogens is 224 g/mol.